The van der Waals surface area contributed by atoms with Gasteiger partial charge in [0.15, 0.2) is 11.6 Å². The molecule has 0 spiro atoms. The van der Waals surface area contributed by atoms with Crippen molar-refractivity contribution in [1.82, 2.24) is 20.5 Å². The minimum atomic E-state index is -1.33. The van der Waals surface area contributed by atoms with Crippen LogP contribution in [-0.4, -0.2) is 93.4 Å². The number of carbonyl (C=O) groups is 8. The van der Waals surface area contributed by atoms with E-state index in [1.807, 2.05) is 13.8 Å². The van der Waals surface area contributed by atoms with Crippen molar-refractivity contribution in [2.24, 2.45) is 34.8 Å². The molecule has 1 saturated carbocycles. The first-order valence-corrected chi connectivity index (χ1v) is 20.6. The quantitative estimate of drug-likeness (QED) is 0.0764. The number of likely N-dealkylation sites (tertiary alicyclic amines) is 1. The van der Waals surface area contributed by atoms with Gasteiger partial charge in [-0.3, -0.25) is 33.8 Å². The maximum atomic E-state index is 14.4. The average Bonchev–Trinajstić information content (AvgIpc) is 3.66. The lowest BCUT2D eigenvalue weighted by molar-refractivity contribution is -0.145. The van der Waals surface area contributed by atoms with Crippen LogP contribution in [0, 0.1) is 29.1 Å². The number of nitrogens with one attached hydrogen (secondary N) is 2. The summed E-state index contributed by atoms with van der Waals surface area (Å²) < 4.78 is 4.92. The molecule has 1 aliphatic carbocycles. The minimum Gasteiger partial charge on any atom is -0.478 e. The Morgan fingerprint density at radius 1 is 0.983 bits per heavy atom. The van der Waals surface area contributed by atoms with Crippen LogP contribution in [0.5, 0.6) is 0 Å². The van der Waals surface area contributed by atoms with Crippen molar-refractivity contribution in [1.29, 1.82) is 0 Å². The highest BCUT2D eigenvalue weighted by atomic mass is 16.5. The van der Waals surface area contributed by atoms with Crippen molar-refractivity contribution in [2.75, 3.05) is 13.2 Å². The van der Waals surface area contributed by atoms with Crippen molar-refractivity contribution >= 4 is 47.1 Å². The van der Waals surface area contributed by atoms with Crippen LogP contribution in [0.3, 0.4) is 0 Å². The predicted molar refractivity (Wildman–Crippen MR) is 215 cm³/mol. The van der Waals surface area contributed by atoms with Crippen LogP contribution in [0.25, 0.3) is 0 Å². The van der Waals surface area contributed by atoms with Gasteiger partial charge in [0.05, 0.1) is 23.8 Å². The molecule has 320 valence electrons. The molecule has 3 rings (SSSR count). The summed E-state index contributed by atoms with van der Waals surface area (Å²) in [5.41, 5.74) is 4.49. The number of ether oxygens (including phenoxy) is 1. The maximum absolute atomic E-state index is 14.4. The SMILES string of the molecule is CCOC(=O)/C=C/CC[C@H](CC(=O)c1cnccc1C(=O)O)C(=O)N[C@H](C(=O)N1CCC[C@H]1C(=O)N[C@@H](CC(C)C)C(=O)C[C@H](C(N)=O)C1CCCCC1)C(C)(C)C. The number of primary amides is 1. The highest BCUT2D eigenvalue weighted by Crippen LogP contribution is 2.33. The van der Waals surface area contributed by atoms with E-state index in [1.54, 1.807) is 27.7 Å². The molecule has 5 N–H and O–H groups in total. The van der Waals surface area contributed by atoms with Crippen LogP contribution < -0.4 is 16.4 Å². The van der Waals surface area contributed by atoms with Crippen LogP contribution in [0.15, 0.2) is 30.6 Å². The van der Waals surface area contributed by atoms with Gasteiger partial charge in [0, 0.05) is 49.7 Å². The van der Waals surface area contributed by atoms with Gasteiger partial charge in [0.2, 0.25) is 23.6 Å². The number of Topliss-reactive ketones (excluding diaryl/α,β-unsaturated/α-hetero) is 2. The Labute approximate surface area is 341 Å². The molecular formula is C43H63N5O10. The Morgan fingerprint density at radius 2 is 1.67 bits per heavy atom. The van der Waals surface area contributed by atoms with Crippen molar-refractivity contribution in [3.63, 3.8) is 0 Å². The molecule has 1 saturated heterocycles. The summed E-state index contributed by atoms with van der Waals surface area (Å²) in [7, 11) is 0. The monoisotopic (exact) mass is 809 g/mol. The zero-order chi connectivity index (χ0) is 43.2. The zero-order valence-corrected chi connectivity index (χ0v) is 34.9. The second kappa shape index (κ2) is 22.3. The molecule has 15 heteroatoms. The van der Waals surface area contributed by atoms with E-state index >= 15 is 0 Å². The van der Waals surface area contributed by atoms with E-state index in [2.05, 4.69) is 15.6 Å². The van der Waals surface area contributed by atoms with Gasteiger partial charge < -0.3 is 31.1 Å². The lowest BCUT2D eigenvalue weighted by Crippen LogP contribution is -2.59. The van der Waals surface area contributed by atoms with E-state index in [0.717, 1.165) is 38.3 Å². The first-order valence-electron chi connectivity index (χ1n) is 20.6. The summed E-state index contributed by atoms with van der Waals surface area (Å²) in [6, 6.07) is -1.76. The van der Waals surface area contributed by atoms with Gasteiger partial charge in [-0.1, -0.05) is 60.0 Å². The third-order valence-corrected chi connectivity index (χ3v) is 11.0. The molecule has 2 fully saturated rings. The summed E-state index contributed by atoms with van der Waals surface area (Å²) in [6.07, 6.45) is 10.7. The number of ketones is 2. The molecule has 2 aliphatic rings. The molecule has 4 amide bonds. The van der Waals surface area contributed by atoms with Crippen molar-refractivity contribution in [3.05, 3.63) is 41.7 Å². The third-order valence-electron chi connectivity index (χ3n) is 11.0. The van der Waals surface area contributed by atoms with Gasteiger partial charge in [-0.05, 0) is 75.2 Å². The number of carboxylic acids is 1. The van der Waals surface area contributed by atoms with Crippen molar-refractivity contribution in [2.45, 2.75) is 137 Å². The molecule has 0 unspecified atom stereocenters. The number of amides is 4. The fourth-order valence-electron chi connectivity index (χ4n) is 7.91. The van der Waals surface area contributed by atoms with Gasteiger partial charge >= 0.3 is 11.9 Å². The first kappa shape index (κ1) is 47.4. The van der Waals surface area contributed by atoms with E-state index < -0.39 is 83.1 Å². The summed E-state index contributed by atoms with van der Waals surface area (Å²) in [5.74, 6) is -6.58. The average molecular weight is 810 g/mol. The summed E-state index contributed by atoms with van der Waals surface area (Å²) >= 11 is 0. The number of nitrogens with two attached hydrogens (primary N) is 1. The molecule has 58 heavy (non-hydrogen) atoms. The Kier molecular flexibility index (Phi) is 18.2. The minimum absolute atomic E-state index is 0.0226. The Morgan fingerprint density at radius 3 is 2.28 bits per heavy atom. The van der Waals surface area contributed by atoms with Crippen LogP contribution in [0.2, 0.25) is 0 Å². The Bertz CT molecular complexity index is 1680. The van der Waals surface area contributed by atoms with E-state index in [0.29, 0.717) is 19.3 Å². The van der Waals surface area contributed by atoms with Gasteiger partial charge in [0.1, 0.15) is 12.1 Å². The van der Waals surface area contributed by atoms with E-state index in [4.69, 9.17) is 10.5 Å². The third kappa shape index (κ3) is 13.9. The highest BCUT2D eigenvalue weighted by molar-refractivity contribution is 6.06. The number of hydrogen-bond donors (Lipinski definition) is 4. The number of allylic oxidation sites excluding steroid dienone is 1. The summed E-state index contributed by atoms with van der Waals surface area (Å²) in [5, 5.41) is 15.4. The fraction of sp³-hybridized carbons (Fsp3) is 0.651. The van der Waals surface area contributed by atoms with Crippen LogP contribution >= 0.6 is 0 Å². The second-order valence-corrected chi connectivity index (χ2v) is 17.0. The maximum Gasteiger partial charge on any atom is 0.336 e. The lowest BCUT2D eigenvalue weighted by Gasteiger charge is -2.36. The van der Waals surface area contributed by atoms with Crippen molar-refractivity contribution in [3.8, 4) is 0 Å². The van der Waals surface area contributed by atoms with Crippen LogP contribution in [0.1, 0.15) is 139 Å². The Balaban J connectivity index is 1.83. The van der Waals surface area contributed by atoms with Crippen LogP contribution in [0.4, 0.5) is 0 Å². The largest absolute Gasteiger partial charge is 0.478 e. The number of nitrogens with zero attached hydrogens (tertiary/aromatic N) is 2. The van der Waals surface area contributed by atoms with Crippen molar-refractivity contribution < 1.29 is 48.2 Å². The first-order chi connectivity index (χ1) is 27.3. The van der Waals surface area contributed by atoms with E-state index in [1.165, 1.54) is 29.3 Å². The van der Waals surface area contributed by atoms with Crippen LogP contribution in [-0.2, 0) is 33.5 Å². The molecule has 0 aromatic carbocycles. The topological polar surface area (TPSA) is 232 Å². The zero-order valence-electron chi connectivity index (χ0n) is 34.9. The molecule has 0 bridgehead atoms. The number of aromatic carboxylic acids is 1. The molecular weight excluding hydrogens is 746 g/mol. The van der Waals surface area contributed by atoms with Gasteiger partial charge in [-0.25, -0.2) is 9.59 Å². The normalized spacial score (nSPS) is 18.3. The van der Waals surface area contributed by atoms with Gasteiger partial charge in [-0.15, -0.1) is 0 Å². The molecule has 0 radical (unpaired) electrons. The molecule has 15 nitrogen and oxygen atoms in total. The smallest absolute Gasteiger partial charge is 0.336 e. The fourth-order valence-corrected chi connectivity index (χ4v) is 7.91. The number of carbonyl (C=O) groups excluding carboxylic acids is 7. The predicted octanol–water partition coefficient (Wildman–Crippen LogP) is 4.56. The lowest BCUT2D eigenvalue weighted by atomic mass is 9.76. The van der Waals surface area contributed by atoms with Gasteiger partial charge in [-0.2, -0.15) is 0 Å². The van der Waals surface area contributed by atoms with E-state index in [9.17, 15) is 43.5 Å². The summed E-state index contributed by atoms with van der Waals surface area (Å²) in [6.45, 7) is 11.2. The highest BCUT2D eigenvalue weighted by Gasteiger charge is 2.43. The second-order valence-electron chi connectivity index (χ2n) is 17.0. The number of rotatable bonds is 21. The number of hydrogen-bond acceptors (Lipinski definition) is 10. The Hall–Kier alpha value is -4.95. The van der Waals surface area contributed by atoms with E-state index in [-0.39, 0.29) is 61.2 Å². The number of pyridine rings is 1. The standard InChI is InChI=1S/C43H63N5O10/c1-7-58-36(51)18-12-11-16-28(23-34(49)31-25-45-20-19-29(31)42(56)57)39(53)47-37(43(4,5)6)41(55)48-21-13-17-33(48)40(54)46-32(22-26(2)3)35(50)24-30(38(44)52)27-14-9-8-10-15-27/h12,18-20,25-28,30,32-33,37H,7-11,13-17,21-24H2,1-6H3,(H2,44,52)(H,46,54)(H,47,53)(H,56,57)/b18-12+/t28-,30+,32+,33+,37-/m1/s1. The number of aromatic nitrogens is 1. The molecule has 2 heterocycles. The molecule has 1 aliphatic heterocycles. The van der Waals surface area contributed by atoms with Gasteiger partial charge in [0.25, 0.3) is 0 Å². The number of carboxylic acid groups (broad SMARTS) is 1. The molecule has 5 atom stereocenters. The molecule has 1 aromatic heterocycles. The molecule has 1 aromatic rings. The number of esters is 1. The summed E-state index contributed by atoms with van der Waals surface area (Å²) in [4.78, 5) is 111.